The first-order valence-electron chi connectivity index (χ1n) is 9.00. The van der Waals surface area contributed by atoms with E-state index in [2.05, 4.69) is 30.8 Å². The lowest BCUT2D eigenvalue weighted by Gasteiger charge is -2.05. The molecule has 3 aromatic heterocycles. The molecular formula is C19H13ClF2N6O2. The Bertz CT molecular complexity index is 1270. The number of aromatic nitrogens is 4. The molecular weight excluding hydrogens is 418 g/mol. The third kappa shape index (κ3) is 3.14. The van der Waals surface area contributed by atoms with Crippen LogP contribution in [0.5, 0.6) is 0 Å². The fourth-order valence-electron chi connectivity index (χ4n) is 3.42. The van der Waals surface area contributed by atoms with Crippen molar-refractivity contribution in [3.63, 3.8) is 0 Å². The minimum atomic E-state index is -0.771. The Balaban J connectivity index is 1.65. The van der Waals surface area contributed by atoms with E-state index in [4.69, 9.17) is 16.0 Å². The Morgan fingerprint density at radius 1 is 1.23 bits per heavy atom. The van der Waals surface area contributed by atoms with Gasteiger partial charge >= 0.3 is 6.01 Å². The van der Waals surface area contributed by atoms with Gasteiger partial charge in [-0.1, -0.05) is 16.7 Å². The van der Waals surface area contributed by atoms with Crippen molar-refractivity contribution in [1.82, 2.24) is 25.5 Å². The van der Waals surface area contributed by atoms with Crippen molar-refractivity contribution in [2.45, 2.75) is 12.5 Å². The van der Waals surface area contributed by atoms with Gasteiger partial charge in [0.25, 0.3) is 5.89 Å². The van der Waals surface area contributed by atoms with Crippen molar-refractivity contribution in [3.05, 3.63) is 47.1 Å². The quantitative estimate of drug-likeness (QED) is 0.457. The summed E-state index contributed by atoms with van der Waals surface area (Å²) in [5.41, 5.74) is 1.14. The maximum absolute atomic E-state index is 14.4. The number of benzene rings is 1. The number of carbonyl (C=O) groups is 1. The summed E-state index contributed by atoms with van der Waals surface area (Å²) >= 11 is 5.91. The van der Waals surface area contributed by atoms with Gasteiger partial charge < -0.3 is 20.0 Å². The molecule has 4 heterocycles. The maximum atomic E-state index is 14.4. The van der Waals surface area contributed by atoms with Gasteiger partial charge in [0.2, 0.25) is 5.91 Å². The number of anilines is 1. The SMILES string of the molecule is O=C1NCC[C@@H]1Nc1nnc(-c2c(-c3ccc(Cl)cn3)[nH]c3c(F)cc(F)cc23)o1. The van der Waals surface area contributed by atoms with E-state index in [1.165, 1.54) is 12.3 Å². The van der Waals surface area contributed by atoms with Crippen molar-refractivity contribution < 1.29 is 18.0 Å². The lowest BCUT2D eigenvalue weighted by Crippen LogP contribution is -2.29. The number of pyridine rings is 1. The molecule has 30 heavy (non-hydrogen) atoms. The van der Waals surface area contributed by atoms with E-state index >= 15 is 0 Å². The van der Waals surface area contributed by atoms with Crippen LogP contribution < -0.4 is 10.6 Å². The first kappa shape index (κ1) is 18.5. The highest BCUT2D eigenvalue weighted by Crippen LogP contribution is 2.39. The average Bonchev–Trinajstić information content (AvgIpc) is 3.42. The highest BCUT2D eigenvalue weighted by molar-refractivity contribution is 6.30. The van der Waals surface area contributed by atoms with E-state index in [0.717, 1.165) is 6.07 Å². The Kier molecular flexibility index (Phi) is 4.35. The first-order valence-corrected chi connectivity index (χ1v) is 9.38. The topological polar surface area (TPSA) is 109 Å². The predicted octanol–water partition coefficient (Wildman–Crippen LogP) is 3.51. The van der Waals surface area contributed by atoms with Crippen LogP contribution >= 0.6 is 11.6 Å². The third-order valence-electron chi connectivity index (χ3n) is 4.79. The molecule has 0 spiro atoms. The van der Waals surface area contributed by atoms with Crippen LogP contribution in [0.4, 0.5) is 14.8 Å². The summed E-state index contributed by atoms with van der Waals surface area (Å²) in [5, 5.41) is 14.1. The number of carbonyl (C=O) groups excluding carboxylic acids is 1. The summed E-state index contributed by atoms with van der Waals surface area (Å²) in [6, 6.07) is 4.73. The second-order valence-corrected chi connectivity index (χ2v) is 7.17. The predicted molar refractivity (Wildman–Crippen MR) is 105 cm³/mol. The van der Waals surface area contributed by atoms with Gasteiger partial charge in [-0.05, 0) is 24.6 Å². The van der Waals surface area contributed by atoms with Crippen molar-refractivity contribution >= 4 is 34.4 Å². The molecule has 8 nitrogen and oxygen atoms in total. The summed E-state index contributed by atoms with van der Waals surface area (Å²) in [7, 11) is 0. The van der Waals surface area contributed by atoms with E-state index < -0.39 is 17.7 Å². The number of rotatable bonds is 4. The number of H-pyrrole nitrogens is 1. The van der Waals surface area contributed by atoms with E-state index in [1.807, 2.05) is 0 Å². The van der Waals surface area contributed by atoms with E-state index in [9.17, 15) is 13.6 Å². The molecule has 11 heteroatoms. The van der Waals surface area contributed by atoms with Crippen LogP contribution in [-0.2, 0) is 4.79 Å². The molecule has 0 unspecified atom stereocenters. The Morgan fingerprint density at radius 3 is 2.83 bits per heavy atom. The number of halogens is 3. The monoisotopic (exact) mass is 430 g/mol. The molecule has 0 bridgehead atoms. The zero-order valence-electron chi connectivity index (χ0n) is 15.2. The molecule has 0 saturated carbocycles. The molecule has 1 amide bonds. The molecule has 1 saturated heterocycles. The molecule has 0 aliphatic carbocycles. The fourth-order valence-corrected chi connectivity index (χ4v) is 3.53. The van der Waals surface area contributed by atoms with Gasteiger partial charge in [-0.15, -0.1) is 5.10 Å². The Hall–Kier alpha value is -3.53. The smallest absolute Gasteiger partial charge is 0.316 e. The highest BCUT2D eigenvalue weighted by atomic mass is 35.5. The fraction of sp³-hybridized carbons (Fsp3) is 0.158. The summed E-state index contributed by atoms with van der Waals surface area (Å²) in [6.07, 6.45) is 2.00. The summed E-state index contributed by atoms with van der Waals surface area (Å²) in [6.45, 7) is 0.547. The second-order valence-electron chi connectivity index (χ2n) is 6.74. The maximum Gasteiger partial charge on any atom is 0.316 e. The minimum Gasteiger partial charge on any atom is -0.403 e. The minimum absolute atomic E-state index is 0.0129. The molecule has 1 atom stereocenters. The van der Waals surface area contributed by atoms with Gasteiger partial charge in [-0.25, -0.2) is 8.78 Å². The molecule has 4 aromatic rings. The van der Waals surface area contributed by atoms with Crippen molar-refractivity contribution in [2.75, 3.05) is 11.9 Å². The molecule has 0 radical (unpaired) electrons. The third-order valence-corrected chi connectivity index (χ3v) is 5.02. The Morgan fingerprint density at radius 2 is 2.10 bits per heavy atom. The van der Waals surface area contributed by atoms with E-state index in [-0.39, 0.29) is 34.3 Å². The normalized spacial score (nSPS) is 16.2. The molecule has 1 aromatic carbocycles. The van der Waals surface area contributed by atoms with Crippen LogP contribution in [0.2, 0.25) is 5.02 Å². The van der Waals surface area contributed by atoms with Gasteiger partial charge in [0.05, 0.1) is 27.5 Å². The second kappa shape index (κ2) is 7.06. The van der Waals surface area contributed by atoms with Gasteiger partial charge in [0.15, 0.2) is 0 Å². The van der Waals surface area contributed by atoms with Gasteiger partial charge in [-0.3, -0.25) is 9.78 Å². The molecule has 1 aliphatic rings. The summed E-state index contributed by atoms with van der Waals surface area (Å²) < 4.78 is 34.1. The molecule has 5 rings (SSSR count). The first-order chi connectivity index (χ1) is 14.5. The van der Waals surface area contributed by atoms with Crippen molar-refractivity contribution in [3.8, 4) is 22.8 Å². The van der Waals surface area contributed by atoms with Crippen LogP contribution in [0.15, 0.2) is 34.9 Å². The average molecular weight is 431 g/mol. The number of nitrogens with zero attached hydrogens (tertiary/aromatic N) is 3. The van der Waals surface area contributed by atoms with Crippen LogP contribution in [0, 0.1) is 11.6 Å². The number of nitrogens with one attached hydrogen (secondary N) is 3. The van der Waals surface area contributed by atoms with Crippen molar-refractivity contribution in [1.29, 1.82) is 0 Å². The van der Waals surface area contributed by atoms with Gasteiger partial charge in [0.1, 0.15) is 17.7 Å². The van der Waals surface area contributed by atoms with Crippen LogP contribution in [0.3, 0.4) is 0 Å². The lowest BCUT2D eigenvalue weighted by atomic mass is 10.1. The zero-order chi connectivity index (χ0) is 20.8. The van der Waals surface area contributed by atoms with Crippen LogP contribution in [-0.4, -0.2) is 38.7 Å². The van der Waals surface area contributed by atoms with E-state index in [1.54, 1.807) is 12.1 Å². The van der Waals surface area contributed by atoms with Gasteiger partial charge in [0, 0.05) is 24.2 Å². The zero-order valence-corrected chi connectivity index (χ0v) is 15.9. The number of hydrogen-bond acceptors (Lipinski definition) is 6. The van der Waals surface area contributed by atoms with Gasteiger partial charge in [-0.2, -0.15) is 0 Å². The van der Waals surface area contributed by atoms with Crippen LogP contribution in [0.25, 0.3) is 33.7 Å². The van der Waals surface area contributed by atoms with Crippen LogP contribution in [0.1, 0.15) is 6.42 Å². The number of aromatic amines is 1. The number of hydrogen-bond donors (Lipinski definition) is 3. The van der Waals surface area contributed by atoms with E-state index in [0.29, 0.717) is 29.4 Å². The summed E-state index contributed by atoms with van der Waals surface area (Å²) in [4.78, 5) is 18.9. The standard InChI is InChI=1S/C19H13ClF2N6O2/c20-8-1-2-12(24-7-8)16-14(10-5-9(21)6-11(22)15(10)26-16)18-27-28-19(30-18)25-13-3-4-23-17(13)29/h1-2,5-7,13,26H,3-4H2,(H,23,29)(H,25,28)/t13-/m0/s1. The molecule has 3 N–H and O–H groups in total. The Labute approximate surface area is 172 Å². The highest BCUT2D eigenvalue weighted by Gasteiger charge is 2.27. The van der Waals surface area contributed by atoms with Crippen molar-refractivity contribution in [2.24, 2.45) is 0 Å². The largest absolute Gasteiger partial charge is 0.403 e. The molecule has 152 valence electrons. The lowest BCUT2D eigenvalue weighted by molar-refractivity contribution is -0.119. The number of amides is 1. The summed E-state index contributed by atoms with van der Waals surface area (Å²) in [5.74, 6) is -1.68. The number of fused-ring (bicyclic) bond motifs is 1. The molecule has 1 aliphatic heterocycles. The molecule has 1 fully saturated rings.